The van der Waals surface area contributed by atoms with E-state index >= 15 is 0 Å². The summed E-state index contributed by atoms with van der Waals surface area (Å²) in [5, 5.41) is 4.79. The van der Waals surface area contributed by atoms with E-state index < -0.39 is 0 Å². The Morgan fingerprint density at radius 3 is 2.79 bits per heavy atom. The number of rotatable bonds is 4. The van der Waals surface area contributed by atoms with Crippen LogP contribution in [-0.4, -0.2) is 51.2 Å². The lowest BCUT2D eigenvalue weighted by molar-refractivity contribution is 0.0733. The second-order valence-electron chi connectivity index (χ2n) is 7.43. The summed E-state index contributed by atoms with van der Waals surface area (Å²) in [7, 11) is 5.63. The van der Waals surface area contributed by atoms with E-state index in [1.165, 1.54) is 0 Å². The highest BCUT2D eigenvalue weighted by molar-refractivity contribution is 6.30. The van der Waals surface area contributed by atoms with Crippen LogP contribution in [0.15, 0.2) is 42.9 Å². The third kappa shape index (κ3) is 3.82. The van der Waals surface area contributed by atoms with E-state index in [1.807, 2.05) is 61.4 Å². The standard InChI is InChI=1S/C21H23ClN6O/c1-26(2)21-23-12-17(14-6-4-7-16(22)10-14)19(25-21)18-8-5-9-28(18)20(29)15-11-24-27(3)13-15/h4,6-7,10-13,18H,5,8-9H2,1-3H3. The zero-order valence-electron chi connectivity index (χ0n) is 16.7. The molecule has 0 bridgehead atoms. The van der Waals surface area contributed by atoms with E-state index in [0.29, 0.717) is 23.1 Å². The Hall–Kier alpha value is -2.93. The molecule has 0 aliphatic carbocycles. The monoisotopic (exact) mass is 410 g/mol. The molecule has 2 aromatic heterocycles. The summed E-state index contributed by atoms with van der Waals surface area (Å²) >= 11 is 6.23. The molecule has 150 valence electrons. The molecule has 1 aromatic carbocycles. The van der Waals surface area contributed by atoms with Gasteiger partial charge in [-0.1, -0.05) is 23.7 Å². The third-order valence-corrected chi connectivity index (χ3v) is 5.36. The molecular formula is C21H23ClN6O. The smallest absolute Gasteiger partial charge is 0.257 e. The maximum Gasteiger partial charge on any atom is 0.257 e. The van der Waals surface area contributed by atoms with Crippen molar-refractivity contribution in [2.45, 2.75) is 18.9 Å². The van der Waals surface area contributed by atoms with E-state index in [1.54, 1.807) is 17.1 Å². The van der Waals surface area contributed by atoms with Crippen LogP contribution in [-0.2, 0) is 7.05 Å². The fourth-order valence-electron chi connectivity index (χ4n) is 3.72. The van der Waals surface area contributed by atoms with Crippen LogP contribution in [0, 0.1) is 0 Å². The lowest BCUT2D eigenvalue weighted by Gasteiger charge is -2.26. The molecule has 1 saturated heterocycles. The molecular weight excluding hydrogens is 388 g/mol. The fourth-order valence-corrected chi connectivity index (χ4v) is 3.92. The summed E-state index contributed by atoms with van der Waals surface area (Å²) in [5.74, 6) is 0.592. The van der Waals surface area contributed by atoms with Crippen molar-refractivity contribution in [2.24, 2.45) is 7.05 Å². The van der Waals surface area contributed by atoms with Crippen molar-refractivity contribution < 1.29 is 4.79 Å². The Morgan fingerprint density at radius 2 is 2.10 bits per heavy atom. The van der Waals surface area contributed by atoms with Gasteiger partial charge in [0, 0.05) is 50.7 Å². The number of halogens is 1. The van der Waals surface area contributed by atoms with Gasteiger partial charge in [0.2, 0.25) is 5.95 Å². The van der Waals surface area contributed by atoms with E-state index in [2.05, 4.69) is 10.1 Å². The Labute approximate surface area is 174 Å². The lowest BCUT2D eigenvalue weighted by Crippen LogP contribution is -2.31. The van der Waals surface area contributed by atoms with E-state index in [4.69, 9.17) is 16.6 Å². The molecule has 4 rings (SSSR count). The molecule has 3 heterocycles. The number of likely N-dealkylation sites (tertiary alicyclic amines) is 1. The minimum Gasteiger partial charge on any atom is -0.347 e. The highest BCUT2D eigenvalue weighted by Gasteiger charge is 2.34. The number of anilines is 1. The molecule has 1 atom stereocenters. The second-order valence-corrected chi connectivity index (χ2v) is 7.87. The molecule has 29 heavy (non-hydrogen) atoms. The van der Waals surface area contributed by atoms with Gasteiger partial charge in [0.15, 0.2) is 0 Å². The molecule has 7 nitrogen and oxygen atoms in total. The van der Waals surface area contributed by atoms with E-state index in [9.17, 15) is 4.79 Å². The SMILES string of the molecule is CN(C)c1ncc(-c2cccc(Cl)c2)c(C2CCCN2C(=O)c2cnn(C)c2)n1. The van der Waals surface area contributed by atoms with Gasteiger partial charge < -0.3 is 9.80 Å². The number of hydrogen-bond donors (Lipinski definition) is 0. The molecule has 1 aliphatic rings. The van der Waals surface area contributed by atoms with Crippen molar-refractivity contribution in [1.29, 1.82) is 0 Å². The summed E-state index contributed by atoms with van der Waals surface area (Å²) in [6, 6.07) is 7.52. The van der Waals surface area contributed by atoms with Gasteiger partial charge in [-0.05, 0) is 30.5 Å². The summed E-state index contributed by atoms with van der Waals surface area (Å²) in [4.78, 5) is 26.3. The van der Waals surface area contributed by atoms with Crippen molar-refractivity contribution in [3.05, 3.63) is 59.1 Å². The van der Waals surface area contributed by atoms with Gasteiger partial charge in [0.1, 0.15) is 0 Å². The average molecular weight is 411 g/mol. The summed E-state index contributed by atoms with van der Waals surface area (Å²) in [5.41, 5.74) is 3.28. The van der Waals surface area contributed by atoms with Crippen LogP contribution in [0.3, 0.4) is 0 Å². The molecule has 0 N–H and O–H groups in total. The maximum absolute atomic E-state index is 13.2. The first-order valence-electron chi connectivity index (χ1n) is 9.54. The van der Waals surface area contributed by atoms with E-state index in [0.717, 1.165) is 29.7 Å². The molecule has 1 aliphatic heterocycles. The molecule has 1 amide bonds. The first kappa shape index (κ1) is 19.4. The Balaban J connectivity index is 1.79. The first-order valence-corrected chi connectivity index (χ1v) is 9.91. The number of benzene rings is 1. The van der Waals surface area contributed by atoms with Gasteiger partial charge in [-0.3, -0.25) is 9.48 Å². The van der Waals surface area contributed by atoms with E-state index in [-0.39, 0.29) is 11.9 Å². The van der Waals surface area contributed by atoms with Gasteiger partial charge in [-0.25, -0.2) is 9.97 Å². The second kappa shape index (κ2) is 7.83. The van der Waals surface area contributed by atoms with Crippen LogP contribution in [0.5, 0.6) is 0 Å². The topological polar surface area (TPSA) is 67.2 Å². The minimum atomic E-state index is -0.126. The molecule has 1 fully saturated rings. The number of carbonyl (C=O) groups excluding carboxylic acids is 1. The van der Waals surface area contributed by atoms with Crippen LogP contribution in [0.2, 0.25) is 5.02 Å². The largest absolute Gasteiger partial charge is 0.347 e. The Kier molecular flexibility index (Phi) is 5.24. The predicted octanol–water partition coefficient (Wildman–Crippen LogP) is 3.57. The van der Waals surface area contributed by atoms with Crippen molar-refractivity contribution >= 4 is 23.5 Å². The lowest BCUT2D eigenvalue weighted by atomic mass is 9.99. The van der Waals surface area contributed by atoms with Gasteiger partial charge in [-0.2, -0.15) is 5.10 Å². The zero-order chi connectivity index (χ0) is 20.5. The average Bonchev–Trinajstić information content (AvgIpc) is 3.36. The minimum absolute atomic E-state index is 0.0253. The molecule has 0 spiro atoms. The maximum atomic E-state index is 13.2. The van der Waals surface area contributed by atoms with Crippen molar-refractivity contribution in [1.82, 2.24) is 24.6 Å². The molecule has 3 aromatic rings. The molecule has 0 saturated carbocycles. The summed E-state index contributed by atoms with van der Waals surface area (Å²) in [6.45, 7) is 0.689. The molecule has 0 radical (unpaired) electrons. The number of aryl methyl sites for hydroxylation is 1. The number of nitrogens with zero attached hydrogens (tertiary/aromatic N) is 6. The van der Waals surface area contributed by atoms with Gasteiger partial charge >= 0.3 is 0 Å². The van der Waals surface area contributed by atoms with Crippen molar-refractivity contribution in [2.75, 3.05) is 25.5 Å². The number of amides is 1. The highest BCUT2D eigenvalue weighted by Crippen LogP contribution is 2.38. The summed E-state index contributed by atoms with van der Waals surface area (Å²) in [6.07, 6.45) is 6.96. The quantitative estimate of drug-likeness (QED) is 0.657. The first-order chi connectivity index (χ1) is 13.9. The van der Waals surface area contributed by atoms with Crippen LogP contribution in [0.4, 0.5) is 5.95 Å². The van der Waals surface area contributed by atoms with Crippen LogP contribution in [0.1, 0.15) is 34.9 Å². The number of carbonyl (C=O) groups is 1. The molecule has 8 heteroatoms. The fraction of sp³-hybridized carbons (Fsp3) is 0.333. The van der Waals surface area contributed by atoms with Gasteiger partial charge in [-0.15, -0.1) is 0 Å². The normalized spacial score (nSPS) is 16.3. The molecule has 1 unspecified atom stereocenters. The van der Waals surface area contributed by atoms with Gasteiger partial charge in [0.05, 0.1) is 23.5 Å². The predicted molar refractivity (Wildman–Crippen MR) is 113 cm³/mol. The highest BCUT2D eigenvalue weighted by atomic mass is 35.5. The number of aromatic nitrogens is 4. The third-order valence-electron chi connectivity index (χ3n) is 5.12. The van der Waals surface area contributed by atoms with Crippen LogP contribution in [0.25, 0.3) is 11.1 Å². The van der Waals surface area contributed by atoms with Gasteiger partial charge in [0.25, 0.3) is 5.91 Å². The van der Waals surface area contributed by atoms with Crippen molar-refractivity contribution in [3.8, 4) is 11.1 Å². The van der Waals surface area contributed by atoms with Crippen molar-refractivity contribution in [3.63, 3.8) is 0 Å². The Morgan fingerprint density at radius 1 is 1.28 bits per heavy atom. The number of hydrogen-bond acceptors (Lipinski definition) is 5. The summed E-state index contributed by atoms with van der Waals surface area (Å²) < 4.78 is 1.64. The van der Waals surface area contributed by atoms with Crippen LogP contribution >= 0.6 is 11.6 Å². The zero-order valence-corrected chi connectivity index (χ0v) is 17.5. The van der Waals surface area contributed by atoms with Crippen LogP contribution < -0.4 is 4.90 Å². The Bertz CT molecular complexity index is 1050.